The Hall–Kier alpha value is -1.82. The first-order valence-corrected chi connectivity index (χ1v) is 6.32. The molecule has 0 N–H and O–H groups in total. The third-order valence-electron chi connectivity index (χ3n) is 4.06. The highest BCUT2D eigenvalue weighted by Gasteiger charge is 2.26. The van der Waals surface area contributed by atoms with Gasteiger partial charge in [0.1, 0.15) is 0 Å². The van der Waals surface area contributed by atoms with Crippen molar-refractivity contribution in [1.29, 1.82) is 0 Å². The van der Waals surface area contributed by atoms with Gasteiger partial charge in [-0.15, -0.1) is 0 Å². The second-order valence-electron chi connectivity index (χ2n) is 4.95. The van der Waals surface area contributed by atoms with Gasteiger partial charge in [0.2, 0.25) is 0 Å². The second kappa shape index (κ2) is 3.33. The van der Waals surface area contributed by atoms with Crippen molar-refractivity contribution in [2.75, 3.05) is 0 Å². The normalized spacial score (nSPS) is 16.5. The van der Waals surface area contributed by atoms with Crippen molar-refractivity contribution in [2.45, 2.75) is 19.3 Å². The van der Waals surface area contributed by atoms with Gasteiger partial charge in [-0.05, 0) is 52.7 Å². The molecule has 2 aliphatic carbocycles. The summed E-state index contributed by atoms with van der Waals surface area (Å²) in [4.78, 5) is 0. The highest BCUT2D eigenvalue weighted by Crippen LogP contribution is 2.44. The predicted octanol–water partition coefficient (Wildman–Crippen LogP) is 4.10. The van der Waals surface area contributed by atoms with E-state index < -0.39 is 0 Å². The lowest BCUT2D eigenvalue weighted by molar-refractivity contribution is 0.996. The van der Waals surface area contributed by atoms with E-state index in [2.05, 4.69) is 48.5 Å². The van der Waals surface area contributed by atoms with Gasteiger partial charge in [0.05, 0.1) is 0 Å². The lowest BCUT2D eigenvalue weighted by Crippen LogP contribution is -2.01. The largest absolute Gasteiger partial charge is 0.0620 e. The van der Waals surface area contributed by atoms with E-state index in [1.165, 1.54) is 35.1 Å². The minimum Gasteiger partial charge on any atom is -0.0620 e. The Morgan fingerprint density at radius 2 is 1.24 bits per heavy atom. The van der Waals surface area contributed by atoms with Gasteiger partial charge in [0.15, 0.2) is 0 Å². The van der Waals surface area contributed by atoms with Crippen LogP contribution in [0.2, 0.25) is 0 Å². The van der Waals surface area contributed by atoms with Gasteiger partial charge in [0.25, 0.3) is 0 Å². The fourth-order valence-corrected chi connectivity index (χ4v) is 3.26. The summed E-state index contributed by atoms with van der Waals surface area (Å²) in [6, 6.07) is 17.8. The van der Waals surface area contributed by atoms with Gasteiger partial charge in [-0.3, -0.25) is 0 Å². The van der Waals surface area contributed by atoms with Crippen LogP contribution < -0.4 is 0 Å². The molecule has 0 radical (unpaired) electrons. The molecule has 0 unspecified atom stereocenters. The van der Waals surface area contributed by atoms with Crippen LogP contribution >= 0.6 is 0 Å². The third-order valence-corrected chi connectivity index (χ3v) is 4.06. The molecule has 0 nitrogen and oxygen atoms in total. The van der Waals surface area contributed by atoms with Gasteiger partial charge in [-0.25, -0.2) is 0 Å². The zero-order valence-electron chi connectivity index (χ0n) is 9.74. The fraction of sp³-hybridized carbons (Fsp3) is 0.176. The highest BCUT2D eigenvalue weighted by atomic mass is 14.3. The standard InChI is InChI=1S/C17H14/c1-3-7-14-12(5-1)9-10-16-15-8-4-2-6-13(15)11-17(14)16/h1-8H,9-11H2. The van der Waals surface area contributed by atoms with Crippen molar-refractivity contribution in [3.63, 3.8) is 0 Å². The molecule has 0 saturated carbocycles. The Morgan fingerprint density at radius 1 is 0.588 bits per heavy atom. The smallest absolute Gasteiger partial charge is 0.00107 e. The van der Waals surface area contributed by atoms with Crippen LogP contribution in [0.4, 0.5) is 0 Å². The lowest BCUT2D eigenvalue weighted by atomic mass is 9.86. The molecule has 2 aliphatic rings. The Kier molecular flexibility index (Phi) is 1.81. The lowest BCUT2D eigenvalue weighted by Gasteiger charge is -2.18. The van der Waals surface area contributed by atoms with Crippen LogP contribution in [0.15, 0.2) is 48.5 Å². The molecule has 0 atom stereocenters. The summed E-state index contributed by atoms with van der Waals surface area (Å²) in [6.07, 6.45) is 3.54. The molecule has 17 heavy (non-hydrogen) atoms. The average molecular weight is 218 g/mol. The van der Waals surface area contributed by atoms with Crippen LogP contribution in [0, 0.1) is 0 Å². The first-order valence-electron chi connectivity index (χ1n) is 6.32. The summed E-state index contributed by atoms with van der Waals surface area (Å²) < 4.78 is 0. The molecule has 0 fully saturated rings. The van der Waals surface area contributed by atoms with Gasteiger partial charge in [-0.2, -0.15) is 0 Å². The van der Waals surface area contributed by atoms with Gasteiger partial charge >= 0.3 is 0 Å². The zero-order valence-corrected chi connectivity index (χ0v) is 9.74. The summed E-state index contributed by atoms with van der Waals surface area (Å²) in [7, 11) is 0. The minimum atomic E-state index is 1.13. The number of hydrogen-bond acceptors (Lipinski definition) is 0. The van der Waals surface area contributed by atoms with Crippen LogP contribution in [0.25, 0.3) is 11.1 Å². The molecule has 4 rings (SSSR count). The van der Waals surface area contributed by atoms with Crippen LogP contribution in [0.5, 0.6) is 0 Å². The Bertz CT molecular complexity index is 632. The van der Waals surface area contributed by atoms with Crippen LogP contribution in [0.3, 0.4) is 0 Å². The summed E-state index contributed by atoms with van der Waals surface area (Å²) in [5.74, 6) is 0. The van der Waals surface area contributed by atoms with E-state index in [1.54, 1.807) is 11.1 Å². The number of rotatable bonds is 0. The van der Waals surface area contributed by atoms with Crippen molar-refractivity contribution in [3.05, 3.63) is 70.8 Å². The summed E-state index contributed by atoms with van der Waals surface area (Å²) in [6.45, 7) is 0. The van der Waals surface area contributed by atoms with Crippen molar-refractivity contribution in [2.24, 2.45) is 0 Å². The molecule has 0 amide bonds. The number of allylic oxidation sites excluding steroid dienone is 2. The van der Waals surface area contributed by atoms with E-state index >= 15 is 0 Å². The minimum absolute atomic E-state index is 1.13. The number of benzene rings is 2. The molecule has 0 heteroatoms. The van der Waals surface area contributed by atoms with E-state index in [0.29, 0.717) is 0 Å². The van der Waals surface area contributed by atoms with E-state index in [1.807, 2.05) is 0 Å². The first kappa shape index (κ1) is 9.23. The molecule has 0 aliphatic heterocycles. The van der Waals surface area contributed by atoms with E-state index in [-0.39, 0.29) is 0 Å². The number of fused-ring (bicyclic) bond motifs is 4. The number of hydrogen-bond donors (Lipinski definition) is 0. The van der Waals surface area contributed by atoms with Gasteiger partial charge < -0.3 is 0 Å². The van der Waals surface area contributed by atoms with Crippen molar-refractivity contribution < 1.29 is 0 Å². The Balaban J connectivity index is 1.95. The van der Waals surface area contributed by atoms with Gasteiger partial charge in [-0.1, -0.05) is 48.5 Å². The monoisotopic (exact) mass is 218 g/mol. The Morgan fingerprint density at radius 3 is 2.06 bits per heavy atom. The van der Waals surface area contributed by atoms with E-state index in [9.17, 15) is 0 Å². The molecular weight excluding hydrogens is 204 g/mol. The van der Waals surface area contributed by atoms with Crippen LogP contribution in [-0.2, 0) is 12.8 Å². The maximum absolute atomic E-state index is 2.29. The van der Waals surface area contributed by atoms with E-state index in [4.69, 9.17) is 0 Å². The highest BCUT2D eigenvalue weighted by molar-refractivity contribution is 5.99. The van der Waals surface area contributed by atoms with Crippen LogP contribution in [-0.4, -0.2) is 0 Å². The molecule has 82 valence electrons. The maximum Gasteiger partial charge on any atom is -0.00107 e. The molecule has 2 aromatic rings. The van der Waals surface area contributed by atoms with Crippen molar-refractivity contribution in [1.82, 2.24) is 0 Å². The van der Waals surface area contributed by atoms with E-state index in [0.717, 1.165) is 6.42 Å². The second-order valence-corrected chi connectivity index (χ2v) is 4.95. The van der Waals surface area contributed by atoms with Crippen molar-refractivity contribution in [3.8, 4) is 0 Å². The average Bonchev–Trinajstić information content (AvgIpc) is 2.78. The molecule has 0 saturated heterocycles. The molecule has 0 spiro atoms. The molecule has 0 heterocycles. The summed E-state index contributed by atoms with van der Waals surface area (Å²) in [5.41, 5.74) is 9.20. The molecule has 0 bridgehead atoms. The first-order chi connectivity index (χ1) is 8.43. The summed E-state index contributed by atoms with van der Waals surface area (Å²) in [5, 5.41) is 0. The molecular formula is C17H14. The van der Waals surface area contributed by atoms with Gasteiger partial charge in [0, 0.05) is 0 Å². The van der Waals surface area contributed by atoms with Crippen LogP contribution in [0.1, 0.15) is 28.7 Å². The SMILES string of the molecule is c1ccc2c(c1)CCC1=C2Cc2ccccc21. The quantitative estimate of drug-likeness (QED) is 0.624. The predicted molar refractivity (Wildman–Crippen MR) is 71.7 cm³/mol. The summed E-state index contributed by atoms with van der Waals surface area (Å²) >= 11 is 0. The maximum atomic E-state index is 2.29. The Labute approximate surface area is 102 Å². The van der Waals surface area contributed by atoms with Crippen molar-refractivity contribution >= 4 is 11.1 Å². The third kappa shape index (κ3) is 1.24. The topological polar surface area (TPSA) is 0 Å². The molecule has 0 aromatic heterocycles. The fourth-order valence-electron chi connectivity index (χ4n) is 3.26. The number of aryl methyl sites for hydroxylation is 1. The molecule has 2 aromatic carbocycles. The zero-order chi connectivity index (χ0) is 11.2.